The van der Waals surface area contributed by atoms with E-state index in [1.807, 2.05) is 32.9 Å². The molecule has 21 heavy (non-hydrogen) atoms. The summed E-state index contributed by atoms with van der Waals surface area (Å²) < 4.78 is 19.6. The molecule has 5 heteroatoms. The van der Waals surface area contributed by atoms with Gasteiger partial charge in [-0.25, -0.2) is 9.18 Å². The van der Waals surface area contributed by atoms with Gasteiger partial charge in [0.25, 0.3) is 0 Å². The number of likely N-dealkylation sites (tertiary alicyclic amines) is 1. The number of nitrogens with zero attached hydrogens (tertiary/aromatic N) is 2. The molecule has 1 amide bonds. The Bertz CT molecular complexity index is 473. The van der Waals surface area contributed by atoms with Gasteiger partial charge in [-0.2, -0.15) is 0 Å². The number of hydrogen-bond donors (Lipinski definition) is 0. The number of hydrogen-bond acceptors (Lipinski definition) is 3. The Balaban J connectivity index is 1.89. The Morgan fingerprint density at radius 1 is 1.43 bits per heavy atom. The van der Waals surface area contributed by atoms with Gasteiger partial charge < -0.3 is 9.64 Å². The predicted octanol–water partition coefficient (Wildman–Crippen LogP) is 3.22. The lowest BCUT2D eigenvalue weighted by molar-refractivity contribution is 0.00552. The van der Waals surface area contributed by atoms with Crippen molar-refractivity contribution in [2.45, 2.75) is 45.4 Å². The molecule has 0 spiro atoms. The molecule has 4 nitrogen and oxygen atoms in total. The van der Waals surface area contributed by atoms with Crippen LogP contribution in [0.5, 0.6) is 0 Å². The quantitative estimate of drug-likeness (QED) is 0.841. The zero-order chi connectivity index (χ0) is 15.5. The van der Waals surface area contributed by atoms with E-state index in [1.165, 1.54) is 4.90 Å². The maximum Gasteiger partial charge on any atom is 0.410 e. The molecular formula is C16H23FN2O2. The van der Waals surface area contributed by atoms with Crippen molar-refractivity contribution >= 4 is 6.09 Å². The van der Waals surface area contributed by atoms with Crippen LogP contribution in [-0.2, 0) is 11.2 Å². The first kappa shape index (κ1) is 15.7. The fourth-order valence-electron chi connectivity index (χ4n) is 2.50. The standard InChI is InChI=1S/C16H23FN2O2/c1-16(2,3)21-15(20)19-9-6-13(14(17)11-19)10-12-4-7-18-8-5-12/h4-5,7-8,13-14H,6,9-11H2,1-3H3/t13-,14?/m1/s1. The molecule has 1 aliphatic rings. The van der Waals surface area contributed by atoms with Gasteiger partial charge >= 0.3 is 6.09 Å². The van der Waals surface area contributed by atoms with E-state index in [0.29, 0.717) is 19.4 Å². The van der Waals surface area contributed by atoms with Crippen molar-refractivity contribution < 1.29 is 13.9 Å². The lowest BCUT2D eigenvalue weighted by Crippen LogP contribution is -2.47. The van der Waals surface area contributed by atoms with Crippen molar-refractivity contribution in [1.82, 2.24) is 9.88 Å². The molecule has 2 heterocycles. The Hall–Kier alpha value is -1.65. The minimum absolute atomic E-state index is 0.0499. The zero-order valence-electron chi connectivity index (χ0n) is 12.9. The molecule has 1 unspecified atom stereocenters. The van der Waals surface area contributed by atoms with Gasteiger partial charge in [-0.15, -0.1) is 0 Å². The molecule has 0 aliphatic carbocycles. The van der Waals surface area contributed by atoms with Crippen LogP contribution in [0.4, 0.5) is 9.18 Å². The highest BCUT2D eigenvalue weighted by Crippen LogP contribution is 2.25. The van der Waals surface area contributed by atoms with Crippen molar-refractivity contribution in [3.8, 4) is 0 Å². The average molecular weight is 294 g/mol. The second-order valence-corrected chi connectivity index (χ2v) is 6.55. The molecule has 0 aromatic carbocycles. The van der Waals surface area contributed by atoms with Crippen LogP contribution in [0.3, 0.4) is 0 Å². The number of rotatable bonds is 2. The van der Waals surface area contributed by atoms with Crippen LogP contribution < -0.4 is 0 Å². The molecule has 116 valence electrons. The molecule has 0 N–H and O–H groups in total. The van der Waals surface area contributed by atoms with Gasteiger partial charge in [0.2, 0.25) is 0 Å². The normalized spacial score (nSPS) is 23.0. The summed E-state index contributed by atoms with van der Waals surface area (Å²) in [5.74, 6) is -0.0499. The van der Waals surface area contributed by atoms with Gasteiger partial charge in [-0.1, -0.05) is 0 Å². The second-order valence-electron chi connectivity index (χ2n) is 6.55. The largest absolute Gasteiger partial charge is 0.444 e. The van der Waals surface area contributed by atoms with E-state index in [2.05, 4.69) is 4.98 Å². The maximum absolute atomic E-state index is 14.3. The number of carbonyl (C=O) groups is 1. The van der Waals surface area contributed by atoms with Crippen LogP contribution in [0, 0.1) is 5.92 Å². The molecule has 1 aromatic heterocycles. The Morgan fingerprint density at radius 2 is 2.10 bits per heavy atom. The summed E-state index contributed by atoms with van der Waals surface area (Å²) >= 11 is 0. The highest BCUT2D eigenvalue weighted by Gasteiger charge is 2.33. The highest BCUT2D eigenvalue weighted by atomic mass is 19.1. The van der Waals surface area contributed by atoms with Gasteiger partial charge in [-0.05, 0) is 57.2 Å². The van der Waals surface area contributed by atoms with Crippen LogP contribution in [0.25, 0.3) is 0 Å². The molecular weight excluding hydrogens is 271 g/mol. The predicted molar refractivity (Wildman–Crippen MR) is 78.8 cm³/mol. The second kappa shape index (κ2) is 6.41. The Kier molecular flexibility index (Phi) is 4.80. The number of carbonyl (C=O) groups excluding carboxylic acids is 1. The summed E-state index contributed by atoms with van der Waals surface area (Å²) in [5, 5.41) is 0. The molecule has 2 atom stereocenters. The molecule has 0 saturated carbocycles. The third kappa shape index (κ3) is 4.69. The summed E-state index contributed by atoms with van der Waals surface area (Å²) in [5.41, 5.74) is 0.542. The number of halogens is 1. The van der Waals surface area contributed by atoms with Crippen LogP contribution in [-0.4, -0.2) is 40.8 Å². The topological polar surface area (TPSA) is 42.4 Å². The highest BCUT2D eigenvalue weighted by molar-refractivity contribution is 5.68. The third-order valence-electron chi connectivity index (χ3n) is 3.58. The number of piperidine rings is 1. The zero-order valence-corrected chi connectivity index (χ0v) is 12.9. The fraction of sp³-hybridized carbons (Fsp3) is 0.625. The molecule has 0 bridgehead atoms. The first-order chi connectivity index (χ1) is 9.85. The van der Waals surface area contributed by atoms with Crippen molar-refractivity contribution in [1.29, 1.82) is 0 Å². The summed E-state index contributed by atoms with van der Waals surface area (Å²) in [7, 11) is 0. The monoisotopic (exact) mass is 294 g/mol. The van der Waals surface area contributed by atoms with Crippen molar-refractivity contribution in [2.75, 3.05) is 13.1 Å². The smallest absolute Gasteiger partial charge is 0.410 e. The molecule has 1 saturated heterocycles. The summed E-state index contributed by atoms with van der Waals surface area (Å²) in [6.45, 7) is 6.10. The first-order valence-corrected chi connectivity index (χ1v) is 7.36. The van der Waals surface area contributed by atoms with Gasteiger partial charge in [0, 0.05) is 18.9 Å². The molecule has 0 radical (unpaired) electrons. The average Bonchev–Trinajstić information content (AvgIpc) is 2.40. The van der Waals surface area contributed by atoms with Gasteiger partial charge in [-0.3, -0.25) is 4.98 Å². The van der Waals surface area contributed by atoms with E-state index in [0.717, 1.165) is 5.56 Å². The molecule has 1 aliphatic heterocycles. The third-order valence-corrected chi connectivity index (χ3v) is 3.58. The number of ether oxygens (including phenoxy) is 1. The lowest BCUT2D eigenvalue weighted by atomic mass is 9.89. The maximum atomic E-state index is 14.3. The Labute approximate surface area is 125 Å². The van der Waals surface area contributed by atoms with Crippen LogP contribution >= 0.6 is 0 Å². The van der Waals surface area contributed by atoms with E-state index >= 15 is 0 Å². The van der Waals surface area contributed by atoms with Crippen molar-refractivity contribution in [3.05, 3.63) is 30.1 Å². The van der Waals surface area contributed by atoms with Gasteiger partial charge in [0.1, 0.15) is 11.8 Å². The number of alkyl halides is 1. The fourth-order valence-corrected chi connectivity index (χ4v) is 2.50. The summed E-state index contributed by atoms with van der Waals surface area (Å²) in [6.07, 6.45) is 3.35. The molecule has 1 aromatic rings. The minimum atomic E-state index is -1.01. The Morgan fingerprint density at radius 3 is 2.67 bits per heavy atom. The van der Waals surface area contributed by atoms with Crippen LogP contribution in [0.1, 0.15) is 32.8 Å². The molecule has 2 rings (SSSR count). The summed E-state index contributed by atoms with van der Waals surface area (Å²) in [4.78, 5) is 17.4. The van der Waals surface area contributed by atoms with E-state index in [1.54, 1.807) is 12.4 Å². The van der Waals surface area contributed by atoms with Gasteiger partial charge in [0.05, 0.1) is 6.54 Å². The van der Waals surface area contributed by atoms with E-state index in [4.69, 9.17) is 4.74 Å². The molecule has 1 fully saturated rings. The van der Waals surface area contributed by atoms with Crippen LogP contribution in [0.2, 0.25) is 0 Å². The lowest BCUT2D eigenvalue weighted by Gasteiger charge is -2.35. The van der Waals surface area contributed by atoms with E-state index in [-0.39, 0.29) is 12.5 Å². The number of pyridine rings is 1. The SMILES string of the molecule is CC(C)(C)OC(=O)N1CC[C@H](Cc2ccncc2)C(F)C1. The van der Waals surface area contributed by atoms with Crippen LogP contribution in [0.15, 0.2) is 24.5 Å². The minimum Gasteiger partial charge on any atom is -0.444 e. The van der Waals surface area contributed by atoms with E-state index < -0.39 is 17.9 Å². The van der Waals surface area contributed by atoms with Gasteiger partial charge in [0.15, 0.2) is 0 Å². The van der Waals surface area contributed by atoms with Crippen molar-refractivity contribution in [2.24, 2.45) is 5.92 Å². The van der Waals surface area contributed by atoms with E-state index in [9.17, 15) is 9.18 Å². The number of amides is 1. The summed E-state index contributed by atoms with van der Waals surface area (Å²) in [6, 6.07) is 3.82. The first-order valence-electron chi connectivity index (χ1n) is 7.36. The van der Waals surface area contributed by atoms with Crippen molar-refractivity contribution in [3.63, 3.8) is 0 Å². The number of aromatic nitrogens is 1.